The molecule has 3 heteroatoms. The topological polar surface area (TPSA) is 16.4 Å². The molecule has 11 rings (SSSR count). The summed E-state index contributed by atoms with van der Waals surface area (Å²) in [5.41, 5.74) is 9.89. The van der Waals surface area contributed by atoms with E-state index < -0.39 is 0 Å². The van der Waals surface area contributed by atoms with Gasteiger partial charge in [-0.1, -0.05) is 133 Å². The average Bonchev–Trinajstić information content (AvgIpc) is 3.79. The minimum Gasteiger partial charge on any atom is -0.455 e. The molecule has 0 saturated heterocycles. The van der Waals surface area contributed by atoms with E-state index in [0.29, 0.717) is 0 Å². The van der Waals surface area contributed by atoms with Gasteiger partial charge in [-0.15, -0.1) is 11.3 Å². The number of thiophene rings is 1. The lowest BCUT2D eigenvalue weighted by molar-refractivity contribution is 0.670. The molecule has 248 valence electrons. The molecule has 0 radical (unpaired) electrons. The van der Waals surface area contributed by atoms with E-state index in [1.54, 1.807) is 0 Å². The summed E-state index contributed by atoms with van der Waals surface area (Å²) in [6, 6.07) is 67.9. The van der Waals surface area contributed by atoms with Crippen molar-refractivity contribution >= 4 is 92.1 Å². The summed E-state index contributed by atoms with van der Waals surface area (Å²) in [7, 11) is 0. The molecule has 0 bridgehead atoms. The summed E-state index contributed by atoms with van der Waals surface area (Å²) < 4.78 is 9.33. The van der Waals surface area contributed by atoms with E-state index in [2.05, 4.69) is 193 Å². The zero-order valence-corrected chi connectivity index (χ0v) is 29.5. The molecule has 11 aromatic rings. The second-order valence-corrected chi connectivity index (χ2v) is 14.7. The van der Waals surface area contributed by atoms with Gasteiger partial charge in [-0.3, -0.25) is 0 Å². The van der Waals surface area contributed by atoms with Crippen molar-refractivity contribution in [1.82, 2.24) is 0 Å². The maximum Gasteiger partial charge on any atom is 0.143 e. The van der Waals surface area contributed by atoms with E-state index in [-0.39, 0.29) is 0 Å². The molecule has 9 aromatic carbocycles. The van der Waals surface area contributed by atoms with Gasteiger partial charge in [0.05, 0.1) is 10.4 Å². The summed E-state index contributed by atoms with van der Waals surface area (Å²) in [6.07, 6.45) is 0. The van der Waals surface area contributed by atoms with Crippen molar-refractivity contribution in [3.05, 3.63) is 188 Å². The fourth-order valence-electron chi connectivity index (χ4n) is 8.11. The van der Waals surface area contributed by atoms with Crippen molar-refractivity contribution in [3.8, 4) is 22.3 Å². The van der Waals surface area contributed by atoms with Crippen LogP contribution in [0.1, 0.15) is 0 Å². The summed E-state index contributed by atoms with van der Waals surface area (Å²) in [4.78, 5) is 2.41. The number of hydrogen-bond donors (Lipinski definition) is 0. The summed E-state index contributed by atoms with van der Waals surface area (Å²) in [5.74, 6) is 0. The first-order valence-electron chi connectivity index (χ1n) is 18.0. The fourth-order valence-corrected chi connectivity index (χ4v) is 9.32. The number of fused-ring (bicyclic) bond motifs is 9. The van der Waals surface area contributed by atoms with E-state index in [4.69, 9.17) is 4.42 Å². The van der Waals surface area contributed by atoms with Crippen molar-refractivity contribution in [2.45, 2.75) is 0 Å². The van der Waals surface area contributed by atoms with E-state index in [1.807, 2.05) is 11.3 Å². The van der Waals surface area contributed by atoms with E-state index >= 15 is 0 Å². The van der Waals surface area contributed by atoms with Crippen LogP contribution in [0, 0.1) is 0 Å². The molecular weight excluding hydrogens is 663 g/mol. The van der Waals surface area contributed by atoms with Crippen LogP contribution in [0.4, 0.5) is 17.1 Å². The lowest BCUT2D eigenvalue weighted by atomic mass is 9.96. The molecule has 2 heterocycles. The van der Waals surface area contributed by atoms with Gasteiger partial charge in [0.15, 0.2) is 0 Å². The van der Waals surface area contributed by atoms with Crippen LogP contribution in [0.15, 0.2) is 192 Å². The minimum atomic E-state index is 0.900. The number of para-hydroxylation sites is 2. The molecule has 0 amide bonds. The Morgan fingerprint density at radius 2 is 1.08 bits per heavy atom. The first kappa shape index (κ1) is 30.0. The minimum absolute atomic E-state index is 0.900. The number of furan rings is 1. The van der Waals surface area contributed by atoms with Crippen molar-refractivity contribution in [2.75, 3.05) is 4.90 Å². The number of anilines is 3. The van der Waals surface area contributed by atoms with Gasteiger partial charge < -0.3 is 9.32 Å². The maximum atomic E-state index is 6.74. The molecule has 53 heavy (non-hydrogen) atoms. The number of rotatable bonds is 5. The predicted octanol–water partition coefficient (Wildman–Crippen LogP) is 15.1. The third kappa shape index (κ3) is 4.86. The highest BCUT2D eigenvalue weighted by Crippen LogP contribution is 2.46. The van der Waals surface area contributed by atoms with Crippen LogP contribution >= 0.6 is 11.3 Å². The fraction of sp³-hybridized carbons (Fsp3) is 0. The van der Waals surface area contributed by atoms with Crippen molar-refractivity contribution in [3.63, 3.8) is 0 Å². The monoisotopic (exact) mass is 693 g/mol. The first-order chi connectivity index (χ1) is 26.3. The molecule has 0 aliphatic carbocycles. The molecule has 0 atom stereocenters. The van der Waals surface area contributed by atoms with Gasteiger partial charge in [0, 0.05) is 43.2 Å². The lowest BCUT2D eigenvalue weighted by Crippen LogP contribution is -2.09. The van der Waals surface area contributed by atoms with Crippen LogP contribution in [0.2, 0.25) is 0 Å². The molecule has 2 nitrogen and oxygen atoms in total. The van der Waals surface area contributed by atoms with Crippen LogP contribution in [0.3, 0.4) is 0 Å². The Hall–Kier alpha value is -6.68. The second-order valence-electron chi connectivity index (χ2n) is 13.7. The highest BCUT2D eigenvalue weighted by atomic mass is 32.1. The van der Waals surface area contributed by atoms with Gasteiger partial charge in [-0.25, -0.2) is 0 Å². The Balaban J connectivity index is 1.10. The van der Waals surface area contributed by atoms with E-state index in [9.17, 15) is 0 Å². The number of nitrogens with zero attached hydrogens (tertiary/aromatic N) is 1. The largest absolute Gasteiger partial charge is 0.455 e. The SMILES string of the molecule is c1ccc(-c2cccc(-c3cccc4c3oc3cc5ccc6ccc(N(c7ccccc7)c7cccc8c7sc7ccccc78)cc6c5cc34)c2)cc1. The Kier molecular flexibility index (Phi) is 6.76. The molecule has 0 aliphatic rings. The van der Waals surface area contributed by atoms with Crippen molar-refractivity contribution < 1.29 is 4.42 Å². The molecular formula is C50H31NOS. The van der Waals surface area contributed by atoms with Gasteiger partial charge >= 0.3 is 0 Å². The van der Waals surface area contributed by atoms with E-state index in [1.165, 1.54) is 53.1 Å². The van der Waals surface area contributed by atoms with Crippen LogP contribution in [-0.2, 0) is 0 Å². The summed E-state index contributed by atoms with van der Waals surface area (Å²) >= 11 is 1.86. The zero-order valence-electron chi connectivity index (χ0n) is 28.7. The first-order valence-corrected chi connectivity index (χ1v) is 18.8. The van der Waals surface area contributed by atoms with Crippen molar-refractivity contribution in [2.24, 2.45) is 0 Å². The Bertz CT molecular complexity index is 3180. The Labute approximate surface area is 310 Å². The van der Waals surface area contributed by atoms with Crippen molar-refractivity contribution in [1.29, 1.82) is 0 Å². The molecule has 0 saturated carbocycles. The lowest BCUT2D eigenvalue weighted by Gasteiger charge is -2.26. The van der Waals surface area contributed by atoms with Gasteiger partial charge in [0.1, 0.15) is 11.2 Å². The summed E-state index contributed by atoms with van der Waals surface area (Å²) in [6.45, 7) is 0. The van der Waals surface area contributed by atoms with Crippen LogP contribution < -0.4 is 4.90 Å². The van der Waals surface area contributed by atoms with Gasteiger partial charge in [-0.05, 0) is 92.8 Å². The number of hydrogen-bond acceptors (Lipinski definition) is 3. The smallest absolute Gasteiger partial charge is 0.143 e. The quantitative estimate of drug-likeness (QED) is 0.167. The highest BCUT2D eigenvalue weighted by molar-refractivity contribution is 7.26. The molecule has 2 aromatic heterocycles. The van der Waals surface area contributed by atoms with Crippen LogP contribution in [0.5, 0.6) is 0 Å². The van der Waals surface area contributed by atoms with Gasteiger partial charge in [-0.2, -0.15) is 0 Å². The Morgan fingerprint density at radius 1 is 0.396 bits per heavy atom. The predicted molar refractivity (Wildman–Crippen MR) is 227 cm³/mol. The molecule has 0 spiro atoms. The molecule has 0 unspecified atom stereocenters. The standard InChI is InChI=1S/C50H31NOS/c1-3-12-32(13-4-1)34-14-9-15-35(28-34)39-19-10-20-41-45-31-44-36(29-47(45)52-49(39)41)25-24-33-26-27-38(30-43(33)44)51(37-16-5-2-6-17-37)46-22-11-21-42-40-18-7-8-23-48(40)53-50(42)46/h1-31H. The van der Waals surface area contributed by atoms with Crippen LogP contribution in [0.25, 0.3) is 85.9 Å². The second kappa shape index (κ2) is 11.9. The van der Waals surface area contributed by atoms with Gasteiger partial charge in [0.2, 0.25) is 0 Å². The Morgan fingerprint density at radius 3 is 1.98 bits per heavy atom. The number of benzene rings is 9. The third-order valence-electron chi connectivity index (χ3n) is 10.6. The molecule has 0 fully saturated rings. The molecule has 0 N–H and O–H groups in total. The van der Waals surface area contributed by atoms with E-state index in [0.717, 1.165) is 49.8 Å². The zero-order chi connectivity index (χ0) is 34.9. The normalized spacial score (nSPS) is 11.8. The van der Waals surface area contributed by atoms with Gasteiger partial charge in [0.25, 0.3) is 0 Å². The van der Waals surface area contributed by atoms with Crippen LogP contribution in [-0.4, -0.2) is 0 Å². The summed E-state index contributed by atoms with van der Waals surface area (Å²) in [5, 5.41) is 9.63. The average molecular weight is 694 g/mol. The maximum absolute atomic E-state index is 6.74. The third-order valence-corrected chi connectivity index (χ3v) is 11.8. The highest BCUT2D eigenvalue weighted by Gasteiger charge is 2.19. The molecule has 0 aliphatic heterocycles.